The summed E-state index contributed by atoms with van der Waals surface area (Å²) in [5.74, 6) is 0. The molecule has 2 N–H and O–H groups in total. The van der Waals surface area contributed by atoms with Crippen molar-refractivity contribution in [2.24, 2.45) is 0 Å². The van der Waals surface area contributed by atoms with Crippen molar-refractivity contribution in [3.63, 3.8) is 0 Å². The number of hydrogen-bond donors (Lipinski definition) is 2. The van der Waals surface area contributed by atoms with Crippen LogP contribution in [0.4, 0.5) is 0 Å². The molecule has 1 aliphatic rings. The van der Waals surface area contributed by atoms with Crippen molar-refractivity contribution < 1.29 is 5.11 Å². The van der Waals surface area contributed by atoms with Gasteiger partial charge < -0.3 is 15.3 Å². The van der Waals surface area contributed by atoms with Crippen molar-refractivity contribution in [3.8, 4) is 0 Å². The number of nitrogens with zero attached hydrogens (tertiary/aromatic N) is 3. The average molecular weight is 259 g/mol. The van der Waals surface area contributed by atoms with Gasteiger partial charge in [0.2, 0.25) is 0 Å². The highest BCUT2D eigenvalue weighted by atomic mass is 35.5. The molecule has 0 bridgehead atoms. The van der Waals surface area contributed by atoms with Gasteiger partial charge in [0.15, 0.2) is 0 Å². The maximum absolute atomic E-state index is 10.6. The van der Waals surface area contributed by atoms with Gasteiger partial charge in [0.1, 0.15) is 5.60 Å². The number of hydrogen-bond acceptors (Lipinski definition) is 4. The Labute approximate surface area is 106 Å². The molecule has 1 atom stereocenters. The minimum Gasteiger partial charge on any atom is -0.382 e. The lowest BCUT2D eigenvalue weighted by atomic mass is 9.99. The number of halogens is 1. The van der Waals surface area contributed by atoms with Crippen LogP contribution in [-0.4, -0.2) is 53.5 Å². The Morgan fingerprint density at radius 3 is 3.00 bits per heavy atom. The fraction of sp³-hybridized carbons (Fsp3) is 0.727. The molecule has 96 valence electrons. The summed E-state index contributed by atoms with van der Waals surface area (Å²) in [4.78, 5) is 2.08. The molecule has 2 heterocycles. The molecule has 0 saturated carbocycles. The summed E-state index contributed by atoms with van der Waals surface area (Å²) >= 11 is 6.15. The molecule has 17 heavy (non-hydrogen) atoms. The minimum atomic E-state index is -0.875. The largest absolute Gasteiger partial charge is 0.382 e. The fourth-order valence-corrected chi connectivity index (χ4v) is 2.49. The van der Waals surface area contributed by atoms with Gasteiger partial charge in [-0.1, -0.05) is 11.6 Å². The lowest BCUT2D eigenvalue weighted by Crippen LogP contribution is -2.33. The second kappa shape index (κ2) is 4.94. The lowest BCUT2D eigenvalue weighted by Gasteiger charge is -2.24. The molecule has 1 aliphatic heterocycles. The Morgan fingerprint density at radius 1 is 1.65 bits per heavy atom. The molecule has 0 aliphatic carbocycles. The van der Waals surface area contributed by atoms with Crippen LogP contribution in [-0.2, 0) is 12.1 Å². The summed E-state index contributed by atoms with van der Waals surface area (Å²) in [7, 11) is 4.02. The Bertz CT molecular complexity index is 385. The molecule has 1 aromatic rings. The quantitative estimate of drug-likeness (QED) is 0.815. The summed E-state index contributed by atoms with van der Waals surface area (Å²) < 4.78 is 1.81. The van der Waals surface area contributed by atoms with Crippen LogP contribution < -0.4 is 5.32 Å². The van der Waals surface area contributed by atoms with Gasteiger partial charge in [-0.15, -0.1) is 0 Å². The molecule has 5 nitrogen and oxygen atoms in total. The molecule has 1 fully saturated rings. The van der Waals surface area contributed by atoms with Gasteiger partial charge in [-0.05, 0) is 27.1 Å². The van der Waals surface area contributed by atoms with Gasteiger partial charge in [0.25, 0.3) is 0 Å². The average Bonchev–Trinajstić information content (AvgIpc) is 2.83. The smallest absolute Gasteiger partial charge is 0.121 e. The first kappa shape index (κ1) is 12.8. The highest BCUT2D eigenvalue weighted by molar-refractivity contribution is 6.31. The van der Waals surface area contributed by atoms with E-state index in [1.807, 2.05) is 18.8 Å². The van der Waals surface area contributed by atoms with E-state index in [2.05, 4.69) is 15.3 Å². The van der Waals surface area contributed by atoms with E-state index in [0.29, 0.717) is 18.0 Å². The zero-order valence-electron chi connectivity index (χ0n) is 10.3. The third kappa shape index (κ3) is 2.63. The fourth-order valence-electron chi connectivity index (χ4n) is 2.17. The molecule has 0 spiro atoms. The number of rotatable bonds is 4. The summed E-state index contributed by atoms with van der Waals surface area (Å²) in [6.45, 7) is 2.96. The molecule has 0 radical (unpaired) electrons. The second-order valence-electron chi connectivity index (χ2n) is 4.83. The third-order valence-corrected chi connectivity index (χ3v) is 3.40. The summed E-state index contributed by atoms with van der Waals surface area (Å²) in [5.41, 5.74) is -0.133. The number of aliphatic hydroxyl groups is 1. The summed E-state index contributed by atoms with van der Waals surface area (Å²) in [6, 6.07) is 0. The Balaban J connectivity index is 2.23. The topological polar surface area (TPSA) is 53.3 Å². The van der Waals surface area contributed by atoms with E-state index < -0.39 is 5.60 Å². The molecule has 1 saturated heterocycles. The van der Waals surface area contributed by atoms with E-state index in [0.717, 1.165) is 25.3 Å². The van der Waals surface area contributed by atoms with Crippen LogP contribution in [0.3, 0.4) is 0 Å². The van der Waals surface area contributed by atoms with E-state index in [4.69, 9.17) is 11.6 Å². The Kier molecular flexibility index (Phi) is 3.73. The van der Waals surface area contributed by atoms with Crippen molar-refractivity contribution >= 4 is 11.6 Å². The van der Waals surface area contributed by atoms with Gasteiger partial charge in [0.05, 0.1) is 23.5 Å². The van der Waals surface area contributed by atoms with Crippen molar-refractivity contribution in [2.75, 3.05) is 33.7 Å². The van der Waals surface area contributed by atoms with Gasteiger partial charge in [-0.3, -0.25) is 4.68 Å². The van der Waals surface area contributed by atoms with E-state index in [1.54, 1.807) is 6.20 Å². The predicted octanol–water partition coefficient (Wildman–Crippen LogP) is 0.279. The van der Waals surface area contributed by atoms with Crippen molar-refractivity contribution in [1.29, 1.82) is 0 Å². The number of nitrogens with one attached hydrogen (secondary N) is 1. The molecule has 0 aromatic carbocycles. The summed E-state index contributed by atoms with van der Waals surface area (Å²) in [6.07, 6.45) is 2.29. The van der Waals surface area contributed by atoms with Crippen LogP contribution in [0, 0.1) is 0 Å². The summed E-state index contributed by atoms with van der Waals surface area (Å²) in [5, 5.41) is 18.5. The lowest BCUT2D eigenvalue weighted by molar-refractivity contribution is 0.0486. The van der Waals surface area contributed by atoms with Crippen LogP contribution in [0.1, 0.15) is 12.1 Å². The van der Waals surface area contributed by atoms with Crippen LogP contribution in [0.2, 0.25) is 5.02 Å². The van der Waals surface area contributed by atoms with Crippen molar-refractivity contribution in [1.82, 2.24) is 20.0 Å². The monoisotopic (exact) mass is 258 g/mol. The highest BCUT2D eigenvalue weighted by Crippen LogP contribution is 2.32. The third-order valence-electron chi connectivity index (χ3n) is 3.13. The van der Waals surface area contributed by atoms with E-state index in [1.165, 1.54) is 0 Å². The second-order valence-corrected chi connectivity index (χ2v) is 5.23. The van der Waals surface area contributed by atoms with Crippen LogP contribution in [0.15, 0.2) is 6.20 Å². The van der Waals surface area contributed by atoms with Gasteiger partial charge in [0, 0.05) is 13.1 Å². The first-order valence-electron chi connectivity index (χ1n) is 5.82. The Hall–Kier alpha value is -0.620. The van der Waals surface area contributed by atoms with Gasteiger partial charge in [-0.2, -0.15) is 5.10 Å². The zero-order chi connectivity index (χ0) is 12.5. The standard InChI is InChI=1S/C11H19ClN4O/c1-15(2)5-6-16-10(9(12)7-14-16)11(17)3-4-13-8-11/h7,13,17H,3-6,8H2,1-2H3. The van der Waals surface area contributed by atoms with Crippen LogP contribution >= 0.6 is 11.6 Å². The maximum atomic E-state index is 10.6. The molecule has 0 amide bonds. The molecular weight excluding hydrogens is 240 g/mol. The van der Waals surface area contributed by atoms with Crippen LogP contribution in [0.5, 0.6) is 0 Å². The van der Waals surface area contributed by atoms with E-state index in [-0.39, 0.29) is 0 Å². The molecule has 1 unspecified atom stereocenters. The van der Waals surface area contributed by atoms with Gasteiger partial charge >= 0.3 is 0 Å². The van der Waals surface area contributed by atoms with Crippen molar-refractivity contribution in [3.05, 3.63) is 16.9 Å². The number of β-amino-alcohol motifs (C(OH)–C–C–N with tert-alkyl or cyclic N) is 1. The number of aromatic nitrogens is 2. The van der Waals surface area contributed by atoms with Crippen molar-refractivity contribution in [2.45, 2.75) is 18.6 Å². The molecule has 1 aromatic heterocycles. The first-order chi connectivity index (χ1) is 8.03. The molecular formula is C11H19ClN4O. The normalized spacial score (nSPS) is 24.8. The number of likely N-dealkylation sites (N-methyl/N-ethyl adjacent to an activating group) is 1. The minimum absolute atomic E-state index is 0.542. The highest BCUT2D eigenvalue weighted by Gasteiger charge is 2.38. The Morgan fingerprint density at radius 2 is 2.41 bits per heavy atom. The molecule has 6 heteroatoms. The maximum Gasteiger partial charge on any atom is 0.121 e. The van der Waals surface area contributed by atoms with E-state index in [9.17, 15) is 5.11 Å². The SMILES string of the molecule is CN(C)CCn1ncc(Cl)c1C1(O)CCNC1. The van der Waals surface area contributed by atoms with E-state index >= 15 is 0 Å². The van der Waals surface area contributed by atoms with Gasteiger partial charge in [-0.25, -0.2) is 0 Å². The first-order valence-corrected chi connectivity index (χ1v) is 6.20. The van der Waals surface area contributed by atoms with Crippen LogP contribution in [0.25, 0.3) is 0 Å². The predicted molar refractivity (Wildman–Crippen MR) is 67.2 cm³/mol. The zero-order valence-corrected chi connectivity index (χ0v) is 11.0. The molecule has 2 rings (SSSR count).